The van der Waals surface area contributed by atoms with Crippen molar-refractivity contribution in [1.29, 1.82) is 0 Å². The van der Waals surface area contributed by atoms with Crippen molar-refractivity contribution in [1.82, 2.24) is 5.32 Å². The van der Waals surface area contributed by atoms with E-state index in [2.05, 4.69) is 5.32 Å². The van der Waals surface area contributed by atoms with Gasteiger partial charge in [-0.15, -0.1) is 0 Å². The number of amides is 1. The Morgan fingerprint density at radius 2 is 1.94 bits per heavy atom. The molecule has 6 heteroatoms. The number of benzene rings is 1. The first-order valence-corrected chi connectivity index (χ1v) is 4.87. The minimum absolute atomic E-state index is 0.101. The third kappa shape index (κ3) is 3.51. The van der Waals surface area contributed by atoms with Gasteiger partial charge in [0.25, 0.3) is 5.91 Å². The van der Waals surface area contributed by atoms with Crippen molar-refractivity contribution in [2.45, 2.75) is 13.3 Å². The molecule has 0 atom stereocenters. The summed E-state index contributed by atoms with van der Waals surface area (Å²) < 4.78 is 26.5. The number of hydrogen-bond acceptors (Lipinski definition) is 2. The molecule has 2 N–H and O–H groups in total. The molecule has 0 saturated carbocycles. The lowest BCUT2D eigenvalue weighted by atomic mass is 10.1. The molecule has 0 heterocycles. The minimum Gasteiger partial charge on any atom is -0.481 e. The summed E-state index contributed by atoms with van der Waals surface area (Å²) in [6.07, 6.45) is -0.276. The monoisotopic (exact) mass is 243 g/mol. The molecule has 1 amide bonds. The van der Waals surface area contributed by atoms with Crippen LogP contribution in [0.3, 0.4) is 0 Å². The normalized spacial score (nSPS) is 10.1. The topological polar surface area (TPSA) is 66.4 Å². The minimum atomic E-state index is -1.08. The van der Waals surface area contributed by atoms with E-state index in [1.54, 1.807) is 0 Å². The van der Waals surface area contributed by atoms with Crippen LogP contribution >= 0.6 is 0 Å². The number of halogens is 2. The SMILES string of the molecule is Cc1cc(F)c(C(=O)NCCC(=O)O)cc1F. The fraction of sp³-hybridized carbons (Fsp3) is 0.273. The molecular weight excluding hydrogens is 232 g/mol. The van der Waals surface area contributed by atoms with Gasteiger partial charge in [0.15, 0.2) is 0 Å². The molecule has 4 nitrogen and oxygen atoms in total. The van der Waals surface area contributed by atoms with Gasteiger partial charge in [-0.2, -0.15) is 0 Å². The number of nitrogens with one attached hydrogen (secondary N) is 1. The maximum atomic E-state index is 13.3. The summed E-state index contributed by atoms with van der Waals surface area (Å²) in [6.45, 7) is 1.24. The number of carbonyl (C=O) groups is 2. The smallest absolute Gasteiger partial charge is 0.305 e. The summed E-state index contributed by atoms with van der Waals surface area (Å²) in [4.78, 5) is 21.6. The van der Waals surface area contributed by atoms with E-state index in [9.17, 15) is 18.4 Å². The summed E-state index contributed by atoms with van der Waals surface area (Å²) in [5, 5.41) is 10.5. The predicted octanol–water partition coefficient (Wildman–Crippen LogP) is 1.48. The van der Waals surface area contributed by atoms with Crippen LogP contribution in [0.5, 0.6) is 0 Å². The summed E-state index contributed by atoms with van der Waals surface area (Å²) in [7, 11) is 0. The van der Waals surface area contributed by atoms with Gasteiger partial charge in [-0.1, -0.05) is 0 Å². The van der Waals surface area contributed by atoms with Gasteiger partial charge in [-0.3, -0.25) is 9.59 Å². The van der Waals surface area contributed by atoms with Crippen LogP contribution in [0.1, 0.15) is 22.3 Å². The Morgan fingerprint density at radius 1 is 1.29 bits per heavy atom. The quantitative estimate of drug-likeness (QED) is 0.841. The van der Waals surface area contributed by atoms with E-state index in [1.165, 1.54) is 6.92 Å². The van der Waals surface area contributed by atoms with Crippen molar-refractivity contribution < 1.29 is 23.5 Å². The third-order valence-corrected chi connectivity index (χ3v) is 2.12. The Kier molecular flexibility index (Phi) is 4.14. The van der Waals surface area contributed by atoms with Gasteiger partial charge in [0.2, 0.25) is 0 Å². The Bertz CT molecular complexity index is 460. The molecule has 0 spiro atoms. The number of aliphatic carboxylic acids is 1. The second-order valence-electron chi connectivity index (χ2n) is 3.48. The fourth-order valence-corrected chi connectivity index (χ4v) is 1.20. The van der Waals surface area contributed by atoms with Gasteiger partial charge in [0, 0.05) is 6.54 Å². The molecule has 0 unspecified atom stereocenters. The average Bonchev–Trinajstić information content (AvgIpc) is 2.22. The number of carboxylic acids is 1. The van der Waals surface area contributed by atoms with Crippen LogP contribution in [0.4, 0.5) is 8.78 Å². The molecule has 0 bridgehead atoms. The zero-order valence-corrected chi connectivity index (χ0v) is 9.09. The zero-order valence-electron chi connectivity index (χ0n) is 9.09. The van der Waals surface area contributed by atoms with Gasteiger partial charge < -0.3 is 10.4 Å². The van der Waals surface area contributed by atoms with Crippen LogP contribution in [0, 0.1) is 18.6 Å². The zero-order chi connectivity index (χ0) is 13.0. The average molecular weight is 243 g/mol. The fourth-order valence-electron chi connectivity index (χ4n) is 1.20. The molecule has 0 aliphatic heterocycles. The highest BCUT2D eigenvalue weighted by Gasteiger charge is 2.14. The molecule has 17 heavy (non-hydrogen) atoms. The molecule has 1 aromatic rings. The van der Waals surface area contributed by atoms with E-state index in [0.29, 0.717) is 0 Å². The first-order chi connectivity index (χ1) is 7.91. The van der Waals surface area contributed by atoms with Crippen molar-refractivity contribution in [3.63, 3.8) is 0 Å². The van der Waals surface area contributed by atoms with Crippen LogP contribution in [0.25, 0.3) is 0 Å². The number of aryl methyl sites for hydroxylation is 1. The molecule has 0 aromatic heterocycles. The lowest BCUT2D eigenvalue weighted by Gasteiger charge is -2.06. The van der Waals surface area contributed by atoms with Crippen molar-refractivity contribution in [3.05, 3.63) is 34.9 Å². The maximum Gasteiger partial charge on any atom is 0.305 e. The summed E-state index contributed by atoms with van der Waals surface area (Å²) in [5.41, 5.74) is -0.330. The molecular formula is C11H11F2NO3. The number of carbonyl (C=O) groups excluding carboxylic acids is 1. The molecule has 0 saturated heterocycles. The molecule has 0 radical (unpaired) electrons. The summed E-state index contributed by atoms with van der Waals surface area (Å²) >= 11 is 0. The van der Waals surface area contributed by atoms with E-state index in [1.807, 2.05) is 0 Å². The van der Waals surface area contributed by atoms with E-state index < -0.39 is 29.1 Å². The van der Waals surface area contributed by atoms with Crippen LogP contribution in [0.15, 0.2) is 12.1 Å². The molecule has 0 fully saturated rings. The van der Waals surface area contributed by atoms with E-state index in [-0.39, 0.29) is 18.5 Å². The van der Waals surface area contributed by atoms with Crippen molar-refractivity contribution in [2.75, 3.05) is 6.54 Å². The molecule has 92 valence electrons. The van der Waals surface area contributed by atoms with Gasteiger partial charge in [0.1, 0.15) is 11.6 Å². The standard InChI is InChI=1S/C11H11F2NO3/c1-6-4-9(13)7(5-8(6)12)11(17)14-3-2-10(15)16/h4-5H,2-3H2,1H3,(H,14,17)(H,15,16). The van der Waals surface area contributed by atoms with E-state index >= 15 is 0 Å². The first kappa shape index (κ1) is 13.1. The Hall–Kier alpha value is -1.98. The van der Waals surface area contributed by atoms with Crippen molar-refractivity contribution >= 4 is 11.9 Å². The number of carboxylic acid groups (broad SMARTS) is 1. The Balaban J connectivity index is 2.75. The summed E-state index contributed by atoms with van der Waals surface area (Å²) in [6, 6.07) is 1.71. The molecule has 1 aromatic carbocycles. The number of hydrogen-bond donors (Lipinski definition) is 2. The van der Waals surface area contributed by atoms with Crippen molar-refractivity contribution in [2.24, 2.45) is 0 Å². The molecule has 0 aliphatic carbocycles. The molecule has 0 aliphatic rings. The van der Waals surface area contributed by atoms with Crippen LogP contribution in [-0.2, 0) is 4.79 Å². The summed E-state index contributed by atoms with van der Waals surface area (Å²) in [5.74, 6) is -3.44. The van der Waals surface area contributed by atoms with Crippen LogP contribution in [-0.4, -0.2) is 23.5 Å². The molecule has 1 rings (SSSR count). The second kappa shape index (κ2) is 5.38. The Labute approximate surface area is 96.3 Å². The number of rotatable bonds is 4. The first-order valence-electron chi connectivity index (χ1n) is 4.87. The van der Waals surface area contributed by atoms with Gasteiger partial charge in [-0.05, 0) is 24.6 Å². The lowest BCUT2D eigenvalue weighted by molar-refractivity contribution is -0.136. The highest BCUT2D eigenvalue weighted by Crippen LogP contribution is 2.13. The van der Waals surface area contributed by atoms with Crippen molar-refractivity contribution in [3.8, 4) is 0 Å². The van der Waals surface area contributed by atoms with Gasteiger partial charge >= 0.3 is 5.97 Å². The maximum absolute atomic E-state index is 13.3. The van der Waals surface area contributed by atoms with Gasteiger partial charge in [-0.25, -0.2) is 8.78 Å². The van der Waals surface area contributed by atoms with E-state index in [4.69, 9.17) is 5.11 Å². The third-order valence-electron chi connectivity index (χ3n) is 2.12. The van der Waals surface area contributed by atoms with E-state index in [0.717, 1.165) is 12.1 Å². The largest absolute Gasteiger partial charge is 0.481 e. The van der Waals surface area contributed by atoms with Gasteiger partial charge in [0.05, 0.1) is 12.0 Å². The second-order valence-corrected chi connectivity index (χ2v) is 3.48. The highest BCUT2D eigenvalue weighted by atomic mass is 19.1. The predicted molar refractivity (Wildman–Crippen MR) is 55.7 cm³/mol. The van der Waals surface area contributed by atoms with Crippen LogP contribution in [0.2, 0.25) is 0 Å². The Morgan fingerprint density at radius 3 is 2.53 bits per heavy atom. The highest BCUT2D eigenvalue weighted by molar-refractivity contribution is 5.94. The van der Waals surface area contributed by atoms with Crippen LogP contribution < -0.4 is 5.32 Å². The lowest BCUT2D eigenvalue weighted by Crippen LogP contribution is -2.27.